The van der Waals surface area contributed by atoms with Gasteiger partial charge >= 0.3 is 29.6 Å². The normalized spacial score (nSPS) is 11.0. The summed E-state index contributed by atoms with van der Waals surface area (Å²) in [4.78, 5) is 14.5. The molecule has 23 heavy (non-hydrogen) atoms. The van der Waals surface area contributed by atoms with Gasteiger partial charge in [-0.1, -0.05) is 0 Å². The van der Waals surface area contributed by atoms with E-state index in [1.54, 1.807) is 7.11 Å². The smallest absolute Gasteiger partial charge is 0.739 e. The standard InChI is InChI=1S/C13H16N2O5S2.Na/c1-20-10-2-3-12-11(6-10)9(7-15-12)4-5-14-13(16)8-21-22(17,18)19;/h2-3,6-7,15H,4-5,8H2,1H3,(H,14,16)(H,17,18,19);/q;+1/p-1. The zero-order chi connectivity index (χ0) is 16.2. The molecule has 7 nitrogen and oxygen atoms in total. The van der Waals surface area contributed by atoms with Gasteiger partial charge in [0.25, 0.3) is 0 Å². The van der Waals surface area contributed by atoms with E-state index in [1.807, 2.05) is 24.4 Å². The van der Waals surface area contributed by atoms with Gasteiger partial charge < -0.3 is 19.6 Å². The van der Waals surface area contributed by atoms with Gasteiger partial charge in [-0.15, -0.1) is 0 Å². The minimum atomic E-state index is -4.44. The summed E-state index contributed by atoms with van der Waals surface area (Å²) in [6.45, 7) is 0.350. The van der Waals surface area contributed by atoms with Crippen LogP contribution in [-0.2, 0) is 20.4 Å². The zero-order valence-corrected chi connectivity index (χ0v) is 16.4. The first kappa shape index (κ1) is 20.3. The molecule has 0 unspecified atom stereocenters. The van der Waals surface area contributed by atoms with Crippen LogP contribution in [-0.4, -0.2) is 43.3 Å². The zero-order valence-electron chi connectivity index (χ0n) is 12.8. The van der Waals surface area contributed by atoms with E-state index in [9.17, 15) is 17.8 Å². The van der Waals surface area contributed by atoms with Gasteiger partial charge in [0.2, 0.25) is 5.91 Å². The topological polar surface area (TPSA) is 111 Å². The number of fused-ring (bicyclic) bond motifs is 1. The number of carbonyl (C=O) groups is 1. The minimum Gasteiger partial charge on any atom is -0.739 e. The fraction of sp³-hybridized carbons (Fsp3) is 0.308. The summed E-state index contributed by atoms with van der Waals surface area (Å²) in [6.07, 6.45) is 2.43. The maximum absolute atomic E-state index is 11.4. The van der Waals surface area contributed by atoms with E-state index in [4.69, 9.17) is 4.74 Å². The molecular weight excluding hydrogens is 351 g/mol. The molecule has 1 aromatic carbocycles. The van der Waals surface area contributed by atoms with Gasteiger partial charge in [0, 0.05) is 23.6 Å². The Bertz CT molecular complexity index is 776. The molecule has 1 aromatic heterocycles. The third kappa shape index (κ3) is 6.36. The maximum Gasteiger partial charge on any atom is 1.00 e. The minimum absolute atomic E-state index is 0. The van der Waals surface area contributed by atoms with Crippen molar-refractivity contribution in [2.24, 2.45) is 0 Å². The molecule has 1 amide bonds. The number of rotatable bonds is 7. The van der Waals surface area contributed by atoms with Crippen LogP contribution in [0.1, 0.15) is 5.56 Å². The predicted molar refractivity (Wildman–Crippen MR) is 83.7 cm³/mol. The van der Waals surface area contributed by atoms with E-state index in [0.717, 1.165) is 22.2 Å². The summed E-state index contributed by atoms with van der Waals surface area (Å²) in [5, 5.41) is 3.58. The Morgan fingerprint density at radius 1 is 1.43 bits per heavy atom. The number of hydrogen-bond donors (Lipinski definition) is 2. The monoisotopic (exact) mass is 366 g/mol. The molecule has 0 spiro atoms. The van der Waals surface area contributed by atoms with E-state index < -0.39 is 20.8 Å². The number of amides is 1. The largest absolute Gasteiger partial charge is 1.00 e. The fourth-order valence-corrected chi connectivity index (χ4v) is 3.11. The third-order valence-corrected chi connectivity index (χ3v) is 4.91. The van der Waals surface area contributed by atoms with E-state index >= 15 is 0 Å². The van der Waals surface area contributed by atoms with Crippen LogP contribution in [0.5, 0.6) is 5.75 Å². The molecule has 2 rings (SSSR count). The van der Waals surface area contributed by atoms with Crippen molar-refractivity contribution < 1.29 is 52.1 Å². The Kier molecular flexibility index (Phi) is 7.91. The molecule has 10 heteroatoms. The van der Waals surface area contributed by atoms with Gasteiger partial charge in [0.05, 0.1) is 12.9 Å². The summed E-state index contributed by atoms with van der Waals surface area (Å²) < 4.78 is 36.4. The second-order valence-electron chi connectivity index (χ2n) is 4.50. The average molecular weight is 366 g/mol. The van der Waals surface area contributed by atoms with Gasteiger partial charge in [-0.25, -0.2) is 8.42 Å². The predicted octanol–water partition coefficient (Wildman–Crippen LogP) is -1.97. The number of aromatic amines is 1. The van der Waals surface area contributed by atoms with Crippen LogP contribution in [0.15, 0.2) is 24.4 Å². The first-order valence-corrected chi connectivity index (χ1v) is 9.31. The maximum atomic E-state index is 11.4. The van der Waals surface area contributed by atoms with Crippen molar-refractivity contribution in [1.29, 1.82) is 0 Å². The number of benzene rings is 1. The number of nitrogens with one attached hydrogen (secondary N) is 2. The summed E-state index contributed by atoms with van der Waals surface area (Å²) in [5.41, 5.74) is 1.98. The van der Waals surface area contributed by atoms with Crippen molar-refractivity contribution in [3.8, 4) is 5.75 Å². The van der Waals surface area contributed by atoms with Crippen LogP contribution in [0.25, 0.3) is 10.9 Å². The van der Waals surface area contributed by atoms with Crippen molar-refractivity contribution in [2.45, 2.75) is 6.42 Å². The van der Waals surface area contributed by atoms with E-state index in [-0.39, 0.29) is 40.4 Å². The third-order valence-electron chi connectivity index (χ3n) is 3.03. The molecule has 0 saturated carbocycles. The Morgan fingerprint density at radius 3 is 2.83 bits per heavy atom. The summed E-state index contributed by atoms with van der Waals surface area (Å²) in [6, 6.07) is 5.67. The van der Waals surface area contributed by atoms with Crippen molar-refractivity contribution >= 4 is 36.8 Å². The van der Waals surface area contributed by atoms with Crippen LogP contribution >= 0.6 is 10.8 Å². The first-order valence-electron chi connectivity index (χ1n) is 6.40. The van der Waals surface area contributed by atoms with Crippen LogP contribution < -0.4 is 39.6 Å². The Hall–Kier alpha value is -0.710. The Balaban J connectivity index is 0.00000264. The number of aromatic nitrogens is 1. The molecular formula is C13H15N2NaO5S2. The van der Waals surface area contributed by atoms with Gasteiger partial charge in [-0.05, 0) is 41.0 Å². The summed E-state index contributed by atoms with van der Waals surface area (Å²) >= 11 is 0. The Labute approximate surface area is 160 Å². The number of methoxy groups -OCH3 is 1. The van der Waals surface area contributed by atoms with Crippen molar-refractivity contribution in [1.82, 2.24) is 10.3 Å². The van der Waals surface area contributed by atoms with Crippen LogP contribution in [0.3, 0.4) is 0 Å². The van der Waals surface area contributed by atoms with Gasteiger partial charge in [0.1, 0.15) is 14.9 Å². The first-order chi connectivity index (χ1) is 10.4. The fourth-order valence-electron chi connectivity index (χ4n) is 2.00. The second kappa shape index (κ2) is 8.95. The van der Waals surface area contributed by atoms with Crippen LogP contribution in [0.2, 0.25) is 0 Å². The molecule has 0 saturated heterocycles. The van der Waals surface area contributed by atoms with Gasteiger partial charge in [0.15, 0.2) is 0 Å². The number of carbonyl (C=O) groups excluding carboxylic acids is 1. The average Bonchev–Trinajstić information content (AvgIpc) is 2.87. The molecule has 0 aliphatic heterocycles. The molecule has 0 bridgehead atoms. The van der Waals surface area contributed by atoms with E-state index in [1.165, 1.54) is 0 Å². The summed E-state index contributed by atoms with van der Waals surface area (Å²) in [7, 11) is -2.77. The Morgan fingerprint density at radius 2 is 2.17 bits per heavy atom. The second-order valence-corrected chi connectivity index (χ2v) is 7.77. The number of ether oxygens (including phenoxy) is 1. The van der Waals surface area contributed by atoms with Crippen molar-refractivity contribution in [3.63, 3.8) is 0 Å². The molecule has 0 aliphatic carbocycles. The van der Waals surface area contributed by atoms with Gasteiger partial charge in [-0.2, -0.15) is 0 Å². The van der Waals surface area contributed by atoms with Crippen molar-refractivity contribution in [2.75, 3.05) is 19.4 Å². The van der Waals surface area contributed by atoms with Crippen LogP contribution in [0, 0.1) is 0 Å². The quantitative estimate of drug-likeness (QED) is 0.334. The molecule has 1 heterocycles. The molecule has 0 aliphatic rings. The van der Waals surface area contributed by atoms with E-state index in [2.05, 4.69) is 10.3 Å². The molecule has 0 fully saturated rings. The molecule has 0 radical (unpaired) electrons. The van der Waals surface area contributed by atoms with Crippen molar-refractivity contribution in [3.05, 3.63) is 30.0 Å². The number of H-pyrrole nitrogens is 1. The molecule has 2 N–H and O–H groups in total. The molecule has 120 valence electrons. The SMILES string of the molecule is COc1ccc2[nH]cc(CCNC(=O)CSS(=O)(=O)[O-])c2c1.[Na+]. The van der Waals surface area contributed by atoms with Gasteiger partial charge in [-0.3, -0.25) is 4.79 Å². The molecule has 2 aromatic rings. The van der Waals surface area contributed by atoms with Crippen LogP contribution in [0.4, 0.5) is 0 Å². The summed E-state index contributed by atoms with van der Waals surface area (Å²) in [5.74, 6) is -0.135. The van der Waals surface area contributed by atoms with E-state index in [0.29, 0.717) is 13.0 Å². The molecule has 0 atom stereocenters. The number of hydrogen-bond acceptors (Lipinski definition) is 6.